The summed E-state index contributed by atoms with van der Waals surface area (Å²) in [6.07, 6.45) is 0. The molecule has 0 nitrogen and oxygen atoms in total. The molecule has 0 aromatic carbocycles. The third-order valence-electron chi connectivity index (χ3n) is 0. The van der Waals surface area contributed by atoms with Gasteiger partial charge in [-0.05, 0) is 0 Å². The summed E-state index contributed by atoms with van der Waals surface area (Å²) in [6, 6.07) is 0. The molecule has 0 heterocycles. The van der Waals surface area contributed by atoms with Crippen molar-refractivity contribution in [2.75, 3.05) is 0 Å². The van der Waals surface area contributed by atoms with Gasteiger partial charge in [0.25, 0.3) is 0 Å². The molecule has 0 aliphatic rings. The van der Waals surface area contributed by atoms with Gasteiger partial charge in [-0.3, -0.25) is 0 Å². The van der Waals surface area contributed by atoms with Crippen molar-refractivity contribution in [3.05, 3.63) is 0 Å². The van der Waals surface area contributed by atoms with Crippen molar-refractivity contribution < 1.29 is 78.4 Å². The number of hydrogen-bond acceptors (Lipinski definition) is 0. The fraction of sp³-hybridized carbons (Fsp3) is 0. The fourth-order valence-electron chi connectivity index (χ4n) is 0. The summed E-state index contributed by atoms with van der Waals surface area (Å²) in [6.45, 7) is 0. The maximum atomic E-state index is 0. The first-order chi connectivity index (χ1) is 0. The first-order valence-corrected chi connectivity index (χ1v) is 0. The number of hydrogen-bond donors (Lipinski definition) is 0. The van der Waals surface area contributed by atoms with Crippen LogP contribution >= 0.6 is 0 Å². The van der Waals surface area contributed by atoms with Crippen LogP contribution in [0.4, 0.5) is 0 Å². The average molecular weight is 294 g/mol. The van der Waals surface area contributed by atoms with Gasteiger partial charge in [0.1, 0.15) is 0 Å². The summed E-state index contributed by atoms with van der Waals surface area (Å²) in [7, 11) is 0. The molecule has 2 radical (unpaired) electrons. The Kier molecular flexibility index (Phi) is 140. The molecule has 22 valence electrons. The minimum atomic E-state index is 0. The van der Waals surface area contributed by atoms with Crippen molar-refractivity contribution in [2.45, 2.75) is 0 Å². The van der Waals surface area contributed by atoms with Gasteiger partial charge in [-0.15, -0.1) is 0 Å². The van der Waals surface area contributed by atoms with E-state index >= 15 is 0 Å². The van der Waals surface area contributed by atoms with E-state index in [1.165, 1.54) is 0 Å². The normalized spacial score (nSPS) is 0. The number of rotatable bonds is 0. The predicted octanol–water partition coefficient (Wildman–Crippen LogP) is -0.0100. The molecule has 0 aromatic rings. The second kappa shape index (κ2) is 17.8. The van der Waals surface area contributed by atoms with E-state index in [2.05, 4.69) is 0 Å². The molecule has 0 amide bonds. The van der Waals surface area contributed by atoms with Gasteiger partial charge in [-0.1, -0.05) is 0 Å². The molecule has 4 heavy (non-hydrogen) atoms. The Labute approximate surface area is 77.4 Å². The zero-order valence-electron chi connectivity index (χ0n) is 2.09. The van der Waals surface area contributed by atoms with Crippen molar-refractivity contribution in [3.63, 3.8) is 0 Å². The Morgan fingerprint density at radius 2 is 0.750 bits per heavy atom. The second-order valence-corrected chi connectivity index (χ2v) is 0. The quantitative estimate of drug-likeness (QED) is 0.551. The summed E-state index contributed by atoms with van der Waals surface area (Å²) in [5.41, 5.74) is 0. The van der Waals surface area contributed by atoms with Gasteiger partial charge in [0.15, 0.2) is 0 Å². The molecule has 0 unspecified atom stereocenters. The van der Waals surface area contributed by atoms with E-state index in [0.29, 0.717) is 0 Å². The van der Waals surface area contributed by atoms with Crippen molar-refractivity contribution in [1.29, 1.82) is 0 Å². The zero-order valence-corrected chi connectivity index (χ0v) is 10.7. The van der Waals surface area contributed by atoms with Crippen molar-refractivity contribution in [1.82, 2.24) is 0 Å². The van der Waals surface area contributed by atoms with E-state index < -0.39 is 0 Å². The van der Waals surface area contributed by atoms with Crippen LogP contribution in [0.1, 0.15) is 0 Å². The summed E-state index contributed by atoms with van der Waals surface area (Å²) in [4.78, 5) is 0. The van der Waals surface area contributed by atoms with E-state index in [1.807, 2.05) is 0 Å². The SMILES string of the molecule is [Ag].[Mn].[Zn].[Zn]. The molecule has 0 atom stereocenters. The molecule has 0 N–H and O–H groups in total. The first kappa shape index (κ1) is 31.4. The molecule has 0 bridgehead atoms. The van der Waals surface area contributed by atoms with E-state index in [1.54, 1.807) is 0 Å². The Hall–Kier alpha value is 2.51. The zero-order chi connectivity index (χ0) is 0. The van der Waals surface area contributed by atoms with Gasteiger partial charge in [0.05, 0.1) is 0 Å². The second-order valence-electron chi connectivity index (χ2n) is 0. The van der Waals surface area contributed by atoms with Crippen LogP contribution < -0.4 is 0 Å². The summed E-state index contributed by atoms with van der Waals surface area (Å²) >= 11 is 0. The van der Waals surface area contributed by atoms with E-state index in [0.717, 1.165) is 0 Å². The van der Waals surface area contributed by atoms with Crippen LogP contribution in [0.3, 0.4) is 0 Å². The van der Waals surface area contributed by atoms with Gasteiger partial charge in [-0.25, -0.2) is 0 Å². The molecular weight excluding hydrogens is 294 g/mol. The summed E-state index contributed by atoms with van der Waals surface area (Å²) in [5, 5.41) is 0. The van der Waals surface area contributed by atoms with Crippen LogP contribution in [-0.2, 0) is 78.4 Å². The fourth-order valence-corrected chi connectivity index (χ4v) is 0. The van der Waals surface area contributed by atoms with Crippen LogP contribution in [0.5, 0.6) is 0 Å². The van der Waals surface area contributed by atoms with Crippen molar-refractivity contribution in [2.24, 2.45) is 0 Å². The molecule has 0 saturated heterocycles. The van der Waals surface area contributed by atoms with Gasteiger partial charge >= 0.3 is 0 Å². The van der Waals surface area contributed by atoms with Crippen LogP contribution in [-0.4, -0.2) is 0 Å². The van der Waals surface area contributed by atoms with Gasteiger partial charge in [0, 0.05) is 78.4 Å². The predicted molar refractivity (Wildman–Crippen MR) is 0 cm³/mol. The molecule has 0 rings (SSSR count). The van der Waals surface area contributed by atoms with Crippen LogP contribution in [0, 0.1) is 0 Å². The molecule has 0 aliphatic heterocycles. The Balaban J connectivity index is 0. The van der Waals surface area contributed by atoms with E-state index in [-0.39, 0.29) is 78.4 Å². The Morgan fingerprint density at radius 3 is 0.750 bits per heavy atom. The van der Waals surface area contributed by atoms with Gasteiger partial charge < -0.3 is 0 Å². The molecule has 4 heteroatoms. The van der Waals surface area contributed by atoms with E-state index in [4.69, 9.17) is 0 Å². The topological polar surface area (TPSA) is 0 Å². The standard InChI is InChI=1S/Ag.Mn.2Zn. The van der Waals surface area contributed by atoms with Gasteiger partial charge in [-0.2, -0.15) is 0 Å². The third-order valence-corrected chi connectivity index (χ3v) is 0. The maximum Gasteiger partial charge on any atom is 0 e. The molecule has 0 aromatic heterocycles. The van der Waals surface area contributed by atoms with Crippen molar-refractivity contribution >= 4 is 0 Å². The summed E-state index contributed by atoms with van der Waals surface area (Å²) < 4.78 is 0. The Bertz CT molecular complexity index is 6.00. The minimum absolute atomic E-state index is 0. The minimum Gasteiger partial charge on any atom is 0 e. The molecule has 0 spiro atoms. The molecular formula is AgMnZn2. The van der Waals surface area contributed by atoms with Crippen LogP contribution in [0.2, 0.25) is 0 Å². The smallest absolute Gasteiger partial charge is 0 e. The Morgan fingerprint density at radius 1 is 0.750 bits per heavy atom. The third kappa shape index (κ3) is 8.82. The van der Waals surface area contributed by atoms with Crippen LogP contribution in [0.25, 0.3) is 0 Å². The maximum absolute atomic E-state index is 0. The summed E-state index contributed by atoms with van der Waals surface area (Å²) in [5.74, 6) is 0. The van der Waals surface area contributed by atoms with Crippen molar-refractivity contribution in [3.8, 4) is 0 Å². The molecule has 0 saturated carbocycles. The largest absolute Gasteiger partial charge is 0 e. The van der Waals surface area contributed by atoms with Gasteiger partial charge in [0.2, 0.25) is 0 Å². The first-order valence-electron chi connectivity index (χ1n) is 0. The molecule has 0 fully saturated rings. The van der Waals surface area contributed by atoms with E-state index in [9.17, 15) is 0 Å². The molecule has 0 aliphatic carbocycles. The van der Waals surface area contributed by atoms with Crippen LogP contribution in [0.15, 0.2) is 0 Å². The average Bonchev–Trinajstić information content (AvgIpc) is 0. The monoisotopic (exact) mass is 290 g/mol.